The quantitative estimate of drug-likeness (QED) is 0.892. The van der Waals surface area contributed by atoms with Gasteiger partial charge in [0.25, 0.3) is 0 Å². The number of carbonyl (C=O) groups is 1. The van der Waals surface area contributed by atoms with Gasteiger partial charge in [-0.2, -0.15) is 0 Å². The Hall–Kier alpha value is -2.34. The van der Waals surface area contributed by atoms with Crippen molar-refractivity contribution in [3.05, 3.63) is 59.9 Å². The Morgan fingerprint density at radius 2 is 1.91 bits per heavy atom. The standard InChI is InChI=1S/C16H17F2N3O/c1-21(9-6-12-4-7-19-8-5-12)11-16(22)20-13-2-3-14(17)15(18)10-13/h2-5,7-8,10H,6,9,11H2,1H3,(H,20,22). The number of benzene rings is 1. The fraction of sp³-hybridized carbons (Fsp3) is 0.250. The highest BCUT2D eigenvalue weighted by Gasteiger charge is 2.09. The van der Waals surface area contributed by atoms with E-state index in [0.29, 0.717) is 6.54 Å². The first-order chi connectivity index (χ1) is 10.5. The van der Waals surface area contributed by atoms with E-state index in [4.69, 9.17) is 0 Å². The van der Waals surface area contributed by atoms with Crippen LogP contribution in [0.3, 0.4) is 0 Å². The summed E-state index contributed by atoms with van der Waals surface area (Å²) in [7, 11) is 1.83. The van der Waals surface area contributed by atoms with Gasteiger partial charge in [0, 0.05) is 30.7 Å². The molecule has 0 bridgehead atoms. The number of hydrogen-bond acceptors (Lipinski definition) is 3. The number of anilines is 1. The van der Waals surface area contributed by atoms with Crippen LogP contribution in [0.2, 0.25) is 0 Å². The Morgan fingerprint density at radius 3 is 2.59 bits per heavy atom. The van der Waals surface area contributed by atoms with Gasteiger partial charge in [0.1, 0.15) is 0 Å². The first-order valence-corrected chi connectivity index (χ1v) is 6.87. The predicted molar refractivity (Wildman–Crippen MR) is 80.4 cm³/mol. The van der Waals surface area contributed by atoms with E-state index in [-0.39, 0.29) is 18.1 Å². The molecule has 6 heteroatoms. The normalized spacial score (nSPS) is 10.7. The fourth-order valence-electron chi connectivity index (χ4n) is 1.97. The van der Waals surface area contributed by atoms with Gasteiger partial charge in [-0.1, -0.05) is 0 Å². The Morgan fingerprint density at radius 1 is 1.18 bits per heavy atom. The molecule has 1 aromatic heterocycles. The van der Waals surface area contributed by atoms with Gasteiger partial charge in [0.05, 0.1) is 6.54 Å². The minimum absolute atomic E-state index is 0.171. The molecule has 0 fully saturated rings. The third-order valence-corrected chi connectivity index (χ3v) is 3.15. The lowest BCUT2D eigenvalue weighted by Crippen LogP contribution is -2.31. The van der Waals surface area contributed by atoms with Crippen molar-refractivity contribution in [3.63, 3.8) is 0 Å². The summed E-state index contributed by atoms with van der Waals surface area (Å²) in [6.45, 7) is 0.874. The van der Waals surface area contributed by atoms with Crippen LogP contribution >= 0.6 is 0 Å². The van der Waals surface area contributed by atoms with Gasteiger partial charge < -0.3 is 5.32 Å². The molecular weight excluding hydrogens is 288 g/mol. The maximum Gasteiger partial charge on any atom is 0.238 e. The van der Waals surface area contributed by atoms with Gasteiger partial charge in [0.2, 0.25) is 5.91 Å². The van der Waals surface area contributed by atoms with Gasteiger partial charge >= 0.3 is 0 Å². The molecule has 0 unspecified atom stereocenters. The summed E-state index contributed by atoms with van der Waals surface area (Å²) >= 11 is 0. The van der Waals surface area contributed by atoms with E-state index in [2.05, 4.69) is 10.3 Å². The second-order valence-corrected chi connectivity index (χ2v) is 5.02. The summed E-state index contributed by atoms with van der Waals surface area (Å²) in [5.41, 5.74) is 1.38. The van der Waals surface area contributed by atoms with Crippen LogP contribution in [0.25, 0.3) is 0 Å². The zero-order valence-electron chi connectivity index (χ0n) is 12.2. The molecule has 22 heavy (non-hydrogen) atoms. The largest absolute Gasteiger partial charge is 0.325 e. The van der Waals surface area contributed by atoms with Gasteiger partial charge in [-0.25, -0.2) is 8.78 Å². The lowest BCUT2D eigenvalue weighted by Gasteiger charge is -2.16. The van der Waals surface area contributed by atoms with Gasteiger partial charge in [-0.15, -0.1) is 0 Å². The van der Waals surface area contributed by atoms with Crippen molar-refractivity contribution < 1.29 is 13.6 Å². The van der Waals surface area contributed by atoms with Crippen LogP contribution in [0.4, 0.5) is 14.5 Å². The van der Waals surface area contributed by atoms with Crippen molar-refractivity contribution >= 4 is 11.6 Å². The number of nitrogens with zero attached hydrogens (tertiary/aromatic N) is 2. The first kappa shape index (κ1) is 16.0. The molecule has 1 N–H and O–H groups in total. The highest BCUT2D eigenvalue weighted by Crippen LogP contribution is 2.13. The third-order valence-electron chi connectivity index (χ3n) is 3.15. The van der Waals surface area contributed by atoms with E-state index in [0.717, 1.165) is 24.1 Å². The smallest absolute Gasteiger partial charge is 0.238 e. The molecule has 1 amide bonds. The van der Waals surface area contributed by atoms with E-state index in [9.17, 15) is 13.6 Å². The molecular formula is C16H17F2N3O. The lowest BCUT2D eigenvalue weighted by molar-refractivity contribution is -0.117. The van der Waals surface area contributed by atoms with Crippen molar-refractivity contribution in [2.45, 2.75) is 6.42 Å². The maximum absolute atomic E-state index is 13.1. The highest BCUT2D eigenvalue weighted by atomic mass is 19.2. The number of aromatic nitrogens is 1. The topological polar surface area (TPSA) is 45.2 Å². The number of rotatable bonds is 6. The van der Waals surface area contributed by atoms with E-state index in [1.165, 1.54) is 6.07 Å². The summed E-state index contributed by atoms with van der Waals surface area (Å²) in [6, 6.07) is 7.12. The van der Waals surface area contributed by atoms with Gasteiger partial charge in [-0.3, -0.25) is 14.7 Å². The van der Waals surface area contributed by atoms with Gasteiger partial charge in [0.15, 0.2) is 11.6 Å². The van der Waals surface area contributed by atoms with Crippen LogP contribution in [-0.2, 0) is 11.2 Å². The third kappa shape index (κ3) is 4.89. The van der Waals surface area contributed by atoms with Crippen LogP contribution in [0, 0.1) is 11.6 Å². The molecule has 0 radical (unpaired) electrons. The predicted octanol–water partition coefficient (Wildman–Crippen LogP) is 2.47. The summed E-state index contributed by atoms with van der Waals surface area (Å²) in [4.78, 5) is 17.7. The summed E-state index contributed by atoms with van der Waals surface area (Å²) in [6.07, 6.45) is 4.26. The minimum atomic E-state index is -0.983. The Kier molecular flexibility index (Phi) is 5.55. The van der Waals surface area contributed by atoms with Gasteiger partial charge in [-0.05, 0) is 43.3 Å². The maximum atomic E-state index is 13.1. The van der Waals surface area contributed by atoms with Crippen LogP contribution in [0.15, 0.2) is 42.7 Å². The average molecular weight is 305 g/mol. The van der Waals surface area contributed by atoms with Crippen molar-refractivity contribution in [2.24, 2.45) is 0 Å². The molecule has 2 rings (SSSR count). The van der Waals surface area contributed by atoms with Crippen molar-refractivity contribution in [2.75, 3.05) is 25.5 Å². The van der Waals surface area contributed by atoms with E-state index in [1.54, 1.807) is 12.4 Å². The summed E-state index contributed by atoms with van der Waals surface area (Å²) in [5, 5.41) is 2.54. The molecule has 0 atom stereocenters. The minimum Gasteiger partial charge on any atom is -0.325 e. The molecule has 0 saturated heterocycles. The molecule has 2 aromatic rings. The second-order valence-electron chi connectivity index (χ2n) is 5.02. The van der Waals surface area contributed by atoms with Crippen molar-refractivity contribution in [3.8, 4) is 0 Å². The number of amides is 1. The number of nitrogens with one attached hydrogen (secondary N) is 1. The molecule has 0 aliphatic rings. The zero-order valence-corrected chi connectivity index (χ0v) is 12.2. The van der Waals surface area contributed by atoms with E-state index in [1.807, 2.05) is 24.1 Å². The first-order valence-electron chi connectivity index (χ1n) is 6.87. The molecule has 0 aliphatic carbocycles. The number of likely N-dealkylation sites (N-methyl/N-ethyl adjacent to an activating group) is 1. The zero-order chi connectivity index (χ0) is 15.9. The molecule has 116 valence electrons. The fourth-order valence-corrected chi connectivity index (χ4v) is 1.97. The van der Waals surface area contributed by atoms with Crippen LogP contribution < -0.4 is 5.32 Å². The van der Waals surface area contributed by atoms with Crippen LogP contribution in [0.1, 0.15) is 5.56 Å². The van der Waals surface area contributed by atoms with Crippen LogP contribution in [0.5, 0.6) is 0 Å². The Labute approximate surface area is 127 Å². The lowest BCUT2D eigenvalue weighted by atomic mass is 10.2. The molecule has 1 aromatic carbocycles. The molecule has 0 spiro atoms. The van der Waals surface area contributed by atoms with Crippen molar-refractivity contribution in [1.82, 2.24) is 9.88 Å². The van der Waals surface area contributed by atoms with Crippen molar-refractivity contribution in [1.29, 1.82) is 0 Å². The van der Waals surface area contributed by atoms with E-state index >= 15 is 0 Å². The molecule has 0 aliphatic heterocycles. The Balaban J connectivity index is 1.79. The number of hydrogen-bond donors (Lipinski definition) is 1. The molecule has 0 saturated carbocycles. The van der Waals surface area contributed by atoms with Crippen LogP contribution in [-0.4, -0.2) is 35.9 Å². The number of halogens is 2. The summed E-state index contributed by atoms with van der Waals surface area (Å²) in [5.74, 6) is -2.19. The Bertz CT molecular complexity index is 635. The molecule has 4 nitrogen and oxygen atoms in total. The highest BCUT2D eigenvalue weighted by molar-refractivity contribution is 5.92. The SMILES string of the molecule is CN(CCc1ccncc1)CC(=O)Nc1ccc(F)c(F)c1. The summed E-state index contributed by atoms with van der Waals surface area (Å²) < 4.78 is 25.9. The second kappa shape index (κ2) is 7.61. The van der Waals surface area contributed by atoms with E-state index < -0.39 is 11.6 Å². The molecule has 1 heterocycles. The number of pyridine rings is 1. The number of carbonyl (C=O) groups excluding carboxylic acids is 1. The average Bonchev–Trinajstić information content (AvgIpc) is 2.50. The monoisotopic (exact) mass is 305 g/mol.